The second kappa shape index (κ2) is 7.87. The third-order valence-corrected chi connectivity index (χ3v) is 1.83. The summed E-state index contributed by atoms with van der Waals surface area (Å²) in [5.41, 5.74) is 1.66. The summed E-state index contributed by atoms with van der Waals surface area (Å²) < 4.78 is 7.50. The van der Waals surface area contributed by atoms with Crippen LogP contribution in [0.25, 0.3) is 0 Å². The van der Waals surface area contributed by atoms with Crippen molar-refractivity contribution in [1.29, 1.82) is 0 Å². The van der Waals surface area contributed by atoms with E-state index < -0.39 is 0 Å². The third-order valence-electron chi connectivity index (χ3n) is 1.56. The molecule has 0 aromatic rings. The Morgan fingerprint density at radius 2 is 2.00 bits per heavy atom. The van der Waals surface area contributed by atoms with Crippen molar-refractivity contribution in [3.8, 4) is 0 Å². The van der Waals surface area contributed by atoms with E-state index in [1.165, 1.54) is 32.1 Å². The van der Waals surface area contributed by atoms with E-state index in [0.717, 1.165) is 5.88 Å². The molecule has 0 bridgehead atoms. The van der Waals surface area contributed by atoms with Gasteiger partial charge in [-0.05, 0) is 32.1 Å². The average molecular weight is 173 g/mol. The fourth-order valence-corrected chi connectivity index (χ4v) is 1.01. The average Bonchev–Trinajstić information content (AvgIpc) is 2.86. The molecule has 62 valence electrons. The van der Waals surface area contributed by atoms with Gasteiger partial charge in [0.15, 0.2) is 0 Å². The van der Waals surface area contributed by atoms with Crippen molar-refractivity contribution in [2.24, 2.45) is 0 Å². The van der Waals surface area contributed by atoms with Gasteiger partial charge in [-0.2, -0.15) is 0 Å². The topological polar surface area (TPSA) is 19.9 Å². The van der Waals surface area contributed by atoms with Crippen molar-refractivity contribution in [2.45, 2.75) is 32.1 Å². The maximum atomic E-state index is 7.50. The van der Waals surface area contributed by atoms with Gasteiger partial charge in [-0.1, -0.05) is 11.6 Å². The zero-order valence-corrected chi connectivity index (χ0v) is 7.36. The molecule has 1 aliphatic rings. The van der Waals surface area contributed by atoms with E-state index in [1.54, 1.807) is 5.57 Å². The number of rotatable bonds is 4. The van der Waals surface area contributed by atoms with Crippen LogP contribution < -0.4 is 0 Å². The van der Waals surface area contributed by atoms with E-state index in [1.807, 2.05) is 0 Å². The molecule has 1 nitrogen and oxygen atoms in total. The van der Waals surface area contributed by atoms with E-state index in [-0.39, 0.29) is 0 Å². The van der Waals surface area contributed by atoms with Crippen LogP contribution in [0.15, 0.2) is 11.6 Å². The van der Waals surface area contributed by atoms with Crippen molar-refractivity contribution >= 4 is 11.6 Å². The standard InChI is InChI=1S/C8H13Cl.CO/c9-7-3-1-2-4-8-5-6-8;1-2/h4H,1-3,5-7H2;. The number of allylic oxidation sites excluding steroid dienone is 2. The molecule has 0 saturated heterocycles. The fourth-order valence-electron chi connectivity index (χ4n) is 0.821. The molecule has 0 atom stereocenters. The van der Waals surface area contributed by atoms with Crippen LogP contribution in [0, 0.1) is 6.65 Å². The Bertz CT molecular complexity index is 132. The summed E-state index contributed by atoms with van der Waals surface area (Å²) in [6, 6.07) is 0. The fraction of sp³-hybridized carbons (Fsp3) is 0.667. The van der Waals surface area contributed by atoms with Crippen molar-refractivity contribution in [2.75, 3.05) is 5.88 Å². The van der Waals surface area contributed by atoms with Crippen LogP contribution >= 0.6 is 11.6 Å². The molecule has 0 unspecified atom stereocenters. The van der Waals surface area contributed by atoms with Gasteiger partial charge in [-0.25, -0.2) is 0 Å². The van der Waals surface area contributed by atoms with Crippen molar-refractivity contribution < 1.29 is 4.65 Å². The van der Waals surface area contributed by atoms with Gasteiger partial charge < -0.3 is 0 Å². The molecule has 1 aliphatic carbocycles. The molecule has 0 aliphatic heterocycles. The molecule has 0 heterocycles. The molecule has 1 rings (SSSR count). The minimum atomic E-state index is 0.823. The monoisotopic (exact) mass is 172 g/mol. The summed E-state index contributed by atoms with van der Waals surface area (Å²) >= 11 is 5.51. The SMILES string of the molecule is ClCCCCC=C1CC1.[C-]#[O+]. The molecule has 1 fully saturated rings. The predicted molar refractivity (Wildman–Crippen MR) is 45.8 cm³/mol. The number of hydrogen-bond acceptors (Lipinski definition) is 0. The first kappa shape index (κ1) is 10.8. The molecule has 0 amide bonds. The van der Waals surface area contributed by atoms with Crippen molar-refractivity contribution in [3.63, 3.8) is 0 Å². The van der Waals surface area contributed by atoms with E-state index in [2.05, 4.69) is 12.7 Å². The molecule has 1 saturated carbocycles. The van der Waals surface area contributed by atoms with Crippen LogP contribution in [0.4, 0.5) is 0 Å². The first-order valence-corrected chi connectivity index (χ1v) is 4.41. The Balaban J connectivity index is 0.000000461. The van der Waals surface area contributed by atoms with Gasteiger partial charge in [0.2, 0.25) is 0 Å². The summed E-state index contributed by atoms with van der Waals surface area (Å²) in [6.45, 7) is 4.50. The second-order valence-electron chi connectivity index (χ2n) is 2.55. The van der Waals surface area contributed by atoms with Crippen LogP contribution in [0.1, 0.15) is 32.1 Å². The normalized spacial score (nSPS) is 13.2. The Morgan fingerprint density at radius 1 is 1.36 bits per heavy atom. The molecule has 0 spiro atoms. The van der Waals surface area contributed by atoms with Gasteiger partial charge in [0, 0.05) is 5.88 Å². The second-order valence-corrected chi connectivity index (χ2v) is 2.93. The van der Waals surface area contributed by atoms with Crippen LogP contribution in [-0.2, 0) is 4.65 Å². The van der Waals surface area contributed by atoms with E-state index in [9.17, 15) is 0 Å². The number of alkyl halides is 1. The van der Waals surface area contributed by atoms with Gasteiger partial charge >= 0.3 is 11.3 Å². The molecular weight excluding hydrogens is 160 g/mol. The predicted octanol–water partition coefficient (Wildman–Crippen LogP) is 3.08. The van der Waals surface area contributed by atoms with Gasteiger partial charge in [-0.3, -0.25) is 0 Å². The third kappa shape index (κ3) is 7.67. The van der Waals surface area contributed by atoms with E-state index in [4.69, 9.17) is 16.3 Å². The quantitative estimate of drug-likeness (QED) is 0.204. The van der Waals surface area contributed by atoms with Gasteiger partial charge in [0.25, 0.3) is 0 Å². The van der Waals surface area contributed by atoms with Gasteiger partial charge in [0.1, 0.15) is 0 Å². The number of hydrogen-bond donors (Lipinski definition) is 0. The summed E-state index contributed by atoms with van der Waals surface area (Å²) in [7, 11) is 0. The number of halogens is 1. The van der Waals surface area contributed by atoms with Crippen LogP contribution in [-0.4, -0.2) is 5.88 Å². The Morgan fingerprint density at radius 3 is 2.45 bits per heavy atom. The first-order valence-electron chi connectivity index (χ1n) is 3.88. The van der Waals surface area contributed by atoms with E-state index >= 15 is 0 Å². The molecule has 2 heteroatoms. The van der Waals surface area contributed by atoms with E-state index in [0.29, 0.717) is 0 Å². The molecular formula is C9H13ClO. The molecule has 0 aromatic heterocycles. The zero-order chi connectivity index (χ0) is 8.53. The van der Waals surface area contributed by atoms with Gasteiger partial charge in [0.05, 0.1) is 0 Å². The van der Waals surface area contributed by atoms with Crippen molar-refractivity contribution in [1.82, 2.24) is 0 Å². The Kier molecular flexibility index (Phi) is 7.71. The summed E-state index contributed by atoms with van der Waals surface area (Å²) in [5.74, 6) is 0.823. The Hall–Kier alpha value is -0.230. The number of unbranched alkanes of at least 4 members (excludes halogenated alkanes) is 2. The molecule has 11 heavy (non-hydrogen) atoms. The zero-order valence-electron chi connectivity index (χ0n) is 6.61. The molecule has 0 N–H and O–H groups in total. The van der Waals surface area contributed by atoms with Crippen LogP contribution in [0.2, 0.25) is 0 Å². The first-order chi connectivity index (χ1) is 5.43. The van der Waals surface area contributed by atoms with Crippen LogP contribution in [0.5, 0.6) is 0 Å². The van der Waals surface area contributed by atoms with Gasteiger partial charge in [-0.15, -0.1) is 11.6 Å². The Labute approximate surface area is 73.2 Å². The molecule has 0 aromatic carbocycles. The minimum absolute atomic E-state index is 0.823. The summed E-state index contributed by atoms with van der Waals surface area (Å²) in [4.78, 5) is 0. The summed E-state index contributed by atoms with van der Waals surface area (Å²) in [5, 5.41) is 0. The van der Waals surface area contributed by atoms with Crippen molar-refractivity contribution in [3.05, 3.63) is 18.3 Å². The maximum absolute atomic E-state index is 7.50. The molecule has 0 radical (unpaired) electrons. The summed E-state index contributed by atoms with van der Waals surface area (Å²) in [6.07, 6.45) is 8.79. The van der Waals surface area contributed by atoms with Crippen LogP contribution in [0.3, 0.4) is 0 Å².